The largest absolute Gasteiger partial charge is 0.497 e. The molecule has 2 aromatic heterocycles. The maximum Gasteiger partial charge on any atom is 0.137 e. The molecule has 2 heterocycles. The smallest absolute Gasteiger partial charge is 0.137 e. The quantitative estimate of drug-likeness (QED) is 0.534. The van der Waals surface area contributed by atoms with Crippen LogP contribution in [0.1, 0.15) is 31.9 Å². The van der Waals surface area contributed by atoms with Crippen LogP contribution in [0.3, 0.4) is 0 Å². The highest BCUT2D eigenvalue weighted by atomic mass is 16.5. The van der Waals surface area contributed by atoms with Crippen LogP contribution >= 0.6 is 0 Å². The van der Waals surface area contributed by atoms with Gasteiger partial charge in [0.05, 0.1) is 23.7 Å². The van der Waals surface area contributed by atoms with Crippen LogP contribution in [0.4, 0.5) is 0 Å². The van der Waals surface area contributed by atoms with Crippen LogP contribution in [0.25, 0.3) is 16.6 Å². The van der Waals surface area contributed by atoms with Crippen LogP contribution < -0.4 is 4.74 Å². The average molecular weight is 278 g/mol. The van der Waals surface area contributed by atoms with E-state index in [0.717, 1.165) is 47.3 Å². The summed E-state index contributed by atoms with van der Waals surface area (Å²) in [5, 5.41) is 0. The zero-order valence-electron chi connectivity index (χ0n) is 12.4. The second-order valence-corrected chi connectivity index (χ2v) is 4.98. The van der Waals surface area contributed by atoms with Gasteiger partial charge in [-0.3, -0.25) is 0 Å². The number of benzene rings is 1. The zero-order valence-corrected chi connectivity index (χ0v) is 12.4. The van der Waals surface area contributed by atoms with Crippen molar-refractivity contribution in [1.29, 1.82) is 0 Å². The Morgan fingerprint density at radius 2 is 2.14 bits per heavy atom. The Morgan fingerprint density at radius 1 is 1.24 bits per heavy atom. The Balaban J connectivity index is 2.16. The number of fused-ring (bicyclic) bond motifs is 3. The molecule has 0 aliphatic heterocycles. The van der Waals surface area contributed by atoms with Crippen LogP contribution in [0.2, 0.25) is 0 Å². The second-order valence-electron chi connectivity index (χ2n) is 4.98. The molecular weight excluding hydrogens is 260 g/mol. The first-order chi connectivity index (χ1) is 10.3. The van der Waals surface area contributed by atoms with E-state index in [0.29, 0.717) is 0 Å². The number of ether oxygens (including phenoxy) is 1. The first-order valence-corrected chi connectivity index (χ1v) is 7.27. The number of rotatable bonds is 3. The summed E-state index contributed by atoms with van der Waals surface area (Å²) in [5.74, 6) is 7.25. The number of hydrogen-bond donors (Lipinski definition) is 0. The number of unbranched alkanes of at least 4 members (excludes halogenated alkanes) is 2. The normalized spacial score (nSPS) is 10.6. The number of methoxy groups -OCH3 is 1. The molecule has 21 heavy (non-hydrogen) atoms. The predicted octanol–water partition coefficient (Wildman–Crippen LogP) is 4.04. The van der Waals surface area contributed by atoms with E-state index in [-0.39, 0.29) is 0 Å². The monoisotopic (exact) mass is 278 g/mol. The molecule has 3 heteroatoms. The van der Waals surface area contributed by atoms with Gasteiger partial charge in [-0.2, -0.15) is 0 Å². The zero-order chi connectivity index (χ0) is 14.7. The molecule has 0 fully saturated rings. The third kappa shape index (κ3) is 2.57. The standard InChI is InChI=1S/C18H18N2O/c1-3-4-5-6-8-15-17-9-7-12-20(17)18-11-10-14(21-2)13-16(18)19-15/h7,9-13H,3-5H2,1-2H3. The van der Waals surface area contributed by atoms with E-state index in [1.165, 1.54) is 0 Å². The molecule has 0 N–H and O–H groups in total. The van der Waals surface area contributed by atoms with Crippen LogP contribution in [-0.2, 0) is 0 Å². The summed E-state index contributed by atoms with van der Waals surface area (Å²) in [6, 6.07) is 10.0. The van der Waals surface area contributed by atoms with Crippen molar-refractivity contribution in [2.24, 2.45) is 0 Å². The molecule has 106 valence electrons. The van der Waals surface area contributed by atoms with E-state index >= 15 is 0 Å². The molecule has 1 aromatic carbocycles. The highest BCUT2D eigenvalue weighted by molar-refractivity contribution is 5.82. The molecule has 3 rings (SSSR count). The van der Waals surface area contributed by atoms with Crippen molar-refractivity contribution in [3.63, 3.8) is 0 Å². The van der Waals surface area contributed by atoms with Crippen molar-refractivity contribution in [3.8, 4) is 17.6 Å². The van der Waals surface area contributed by atoms with Gasteiger partial charge in [-0.25, -0.2) is 4.98 Å². The molecular formula is C18H18N2O. The van der Waals surface area contributed by atoms with Crippen molar-refractivity contribution < 1.29 is 4.74 Å². The van der Waals surface area contributed by atoms with Gasteiger partial charge in [0.15, 0.2) is 0 Å². The lowest BCUT2D eigenvalue weighted by molar-refractivity contribution is 0.415. The summed E-state index contributed by atoms with van der Waals surface area (Å²) >= 11 is 0. The summed E-state index contributed by atoms with van der Waals surface area (Å²) in [6.45, 7) is 2.17. The van der Waals surface area contributed by atoms with E-state index in [1.54, 1.807) is 7.11 Å². The van der Waals surface area contributed by atoms with Gasteiger partial charge in [-0.1, -0.05) is 19.3 Å². The summed E-state index contributed by atoms with van der Waals surface area (Å²) in [7, 11) is 1.67. The lowest BCUT2D eigenvalue weighted by Crippen LogP contribution is -1.95. The summed E-state index contributed by atoms with van der Waals surface area (Å²) in [4.78, 5) is 4.71. The van der Waals surface area contributed by atoms with Crippen LogP contribution in [0, 0.1) is 11.8 Å². The molecule has 0 saturated carbocycles. The lowest BCUT2D eigenvalue weighted by atomic mass is 10.2. The molecule has 0 atom stereocenters. The maximum absolute atomic E-state index is 5.28. The summed E-state index contributed by atoms with van der Waals surface area (Å²) < 4.78 is 7.41. The topological polar surface area (TPSA) is 26.5 Å². The van der Waals surface area contributed by atoms with Crippen molar-refractivity contribution in [2.45, 2.75) is 26.2 Å². The van der Waals surface area contributed by atoms with E-state index in [9.17, 15) is 0 Å². The minimum atomic E-state index is 0.811. The van der Waals surface area contributed by atoms with E-state index < -0.39 is 0 Å². The molecule has 0 radical (unpaired) electrons. The predicted molar refractivity (Wildman–Crippen MR) is 85.7 cm³/mol. The molecule has 0 spiro atoms. The summed E-state index contributed by atoms with van der Waals surface area (Å²) in [6.07, 6.45) is 5.26. The van der Waals surface area contributed by atoms with Gasteiger partial charge in [-0.05, 0) is 36.6 Å². The minimum Gasteiger partial charge on any atom is -0.497 e. The molecule has 3 aromatic rings. The number of nitrogens with zero attached hydrogens (tertiary/aromatic N) is 2. The Kier molecular flexibility index (Phi) is 3.79. The van der Waals surface area contributed by atoms with E-state index in [1.807, 2.05) is 30.5 Å². The van der Waals surface area contributed by atoms with E-state index in [4.69, 9.17) is 9.72 Å². The van der Waals surface area contributed by atoms with Gasteiger partial charge in [0.25, 0.3) is 0 Å². The molecule has 0 aliphatic rings. The number of aromatic nitrogens is 2. The van der Waals surface area contributed by atoms with Crippen LogP contribution in [-0.4, -0.2) is 16.5 Å². The first-order valence-electron chi connectivity index (χ1n) is 7.27. The minimum absolute atomic E-state index is 0.811. The van der Waals surface area contributed by atoms with Crippen molar-refractivity contribution in [1.82, 2.24) is 9.38 Å². The highest BCUT2D eigenvalue weighted by Crippen LogP contribution is 2.22. The second kappa shape index (κ2) is 5.88. The fourth-order valence-corrected chi connectivity index (χ4v) is 2.39. The lowest BCUT2D eigenvalue weighted by Gasteiger charge is -2.06. The van der Waals surface area contributed by atoms with Crippen LogP contribution in [0.15, 0.2) is 36.5 Å². The SMILES string of the molecule is CCCCC#Cc1nc2cc(OC)ccc2n2cccc12. The first kappa shape index (κ1) is 13.5. The molecule has 0 aliphatic carbocycles. The fraction of sp³-hybridized carbons (Fsp3) is 0.278. The van der Waals surface area contributed by atoms with Crippen molar-refractivity contribution in [2.75, 3.05) is 7.11 Å². The van der Waals surface area contributed by atoms with Crippen molar-refractivity contribution in [3.05, 3.63) is 42.2 Å². The number of hydrogen-bond acceptors (Lipinski definition) is 2. The third-order valence-corrected chi connectivity index (χ3v) is 3.53. The summed E-state index contributed by atoms with van der Waals surface area (Å²) in [5.41, 5.74) is 3.85. The third-order valence-electron chi connectivity index (χ3n) is 3.53. The average Bonchev–Trinajstić information content (AvgIpc) is 3.00. The van der Waals surface area contributed by atoms with Gasteiger partial charge < -0.3 is 9.14 Å². The van der Waals surface area contributed by atoms with Gasteiger partial charge in [0.2, 0.25) is 0 Å². The Morgan fingerprint density at radius 3 is 2.95 bits per heavy atom. The Hall–Kier alpha value is -2.47. The highest BCUT2D eigenvalue weighted by Gasteiger charge is 2.07. The molecule has 0 saturated heterocycles. The van der Waals surface area contributed by atoms with Gasteiger partial charge in [-0.15, -0.1) is 0 Å². The van der Waals surface area contributed by atoms with Crippen LogP contribution in [0.5, 0.6) is 5.75 Å². The van der Waals surface area contributed by atoms with Gasteiger partial charge in [0, 0.05) is 18.7 Å². The Labute approximate surface area is 124 Å². The fourth-order valence-electron chi connectivity index (χ4n) is 2.39. The van der Waals surface area contributed by atoms with Gasteiger partial charge in [0.1, 0.15) is 11.4 Å². The van der Waals surface area contributed by atoms with E-state index in [2.05, 4.69) is 29.2 Å². The molecule has 3 nitrogen and oxygen atoms in total. The molecule has 0 amide bonds. The molecule has 0 bridgehead atoms. The van der Waals surface area contributed by atoms with Gasteiger partial charge >= 0.3 is 0 Å². The Bertz CT molecular complexity index is 837. The van der Waals surface area contributed by atoms with Crippen molar-refractivity contribution >= 4 is 16.6 Å². The maximum atomic E-state index is 5.28. The molecule has 0 unspecified atom stereocenters.